The fourth-order valence-corrected chi connectivity index (χ4v) is 3.17. The molecule has 6 nitrogen and oxygen atoms in total. The van der Waals surface area contributed by atoms with Gasteiger partial charge in [0.25, 0.3) is 0 Å². The summed E-state index contributed by atoms with van der Waals surface area (Å²) in [6.07, 6.45) is 4.54. The summed E-state index contributed by atoms with van der Waals surface area (Å²) in [6, 6.07) is 18.0. The normalized spacial score (nSPS) is 17.4. The molecular weight excluding hydrogens is 385 g/mol. The Morgan fingerprint density at radius 3 is 2.53 bits per heavy atom. The minimum Gasteiger partial charge on any atom is -0.478 e. The zero-order valence-electron chi connectivity index (χ0n) is 15.7. The molecule has 7 heteroatoms. The standard InChI is InChI=1S/C23H18FN3O3/c24-20-13-16(7-10-19(20)23(25)14-26-11-12-27-23)18-3-1-2-4-21(18)30-17-8-5-15(6-9-17)22(28)29/h1-14,27H,25H2,(H,28,29). The van der Waals surface area contributed by atoms with Gasteiger partial charge in [-0.3, -0.25) is 4.99 Å². The number of hydrogen-bond acceptors (Lipinski definition) is 5. The largest absolute Gasteiger partial charge is 0.478 e. The van der Waals surface area contributed by atoms with E-state index in [9.17, 15) is 9.18 Å². The average molecular weight is 403 g/mol. The topological polar surface area (TPSA) is 96.9 Å². The summed E-state index contributed by atoms with van der Waals surface area (Å²) in [5, 5.41) is 11.9. The fraction of sp³-hybridized carbons (Fsp3) is 0.0435. The fourth-order valence-electron chi connectivity index (χ4n) is 3.17. The first-order valence-corrected chi connectivity index (χ1v) is 9.13. The van der Waals surface area contributed by atoms with Crippen LogP contribution in [0.5, 0.6) is 11.5 Å². The summed E-state index contributed by atoms with van der Waals surface area (Å²) >= 11 is 0. The molecule has 4 rings (SSSR count). The second kappa shape index (κ2) is 7.81. The van der Waals surface area contributed by atoms with Crippen LogP contribution in [0.15, 0.2) is 84.1 Å². The lowest BCUT2D eigenvalue weighted by Crippen LogP contribution is -2.51. The van der Waals surface area contributed by atoms with Crippen LogP contribution in [0.25, 0.3) is 11.1 Å². The molecule has 4 N–H and O–H groups in total. The molecule has 1 unspecified atom stereocenters. The molecule has 1 atom stereocenters. The summed E-state index contributed by atoms with van der Waals surface area (Å²) in [5.74, 6) is -0.511. The molecule has 0 bridgehead atoms. The maximum atomic E-state index is 14.9. The van der Waals surface area contributed by atoms with Crippen molar-refractivity contribution in [1.82, 2.24) is 5.32 Å². The zero-order chi connectivity index (χ0) is 21.1. The van der Waals surface area contributed by atoms with Gasteiger partial charge in [-0.2, -0.15) is 0 Å². The second-order valence-corrected chi connectivity index (χ2v) is 6.73. The van der Waals surface area contributed by atoms with Crippen LogP contribution in [0, 0.1) is 5.82 Å². The number of carboxylic acids is 1. The first-order chi connectivity index (χ1) is 14.5. The van der Waals surface area contributed by atoms with Crippen LogP contribution in [-0.2, 0) is 5.66 Å². The predicted molar refractivity (Wildman–Crippen MR) is 112 cm³/mol. The number of nitrogens with zero attached hydrogens (tertiary/aromatic N) is 1. The molecule has 1 aliphatic rings. The van der Waals surface area contributed by atoms with Crippen molar-refractivity contribution in [2.24, 2.45) is 10.7 Å². The minimum atomic E-state index is -1.22. The molecule has 0 spiro atoms. The number of aliphatic imine (C=N–C) groups is 1. The number of rotatable bonds is 5. The number of nitrogens with one attached hydrogen (secondary N) is 1. The van der Waals surface area contributed by atoms with E-state index in [1.165, 1.54) is 30.6 Å². The Kier molecular flexibility index (Phi) is 5.04. The van der Waals surface area contributed by atoms with E-state index in [4.69, 9.17) is 15.6 Å². The molecular formula is C23H18FN3O3. The lowest BCUT2D eigenvalue weighted by Gasteiger charge is -2.28. The van der Waals surface area contributed by atoms with E-state index < -0.39 is 17.4 Å². The summed E-state index contributed by atoms with van der Waals surface area (Å²) in [4.78, 5) is 15.0. The molecule has 0 radical (unpaired) electrons. The third-order valence-corrected chi connectivity index (χ3v) is 4.70. The second-order valence-electron chi connectivity index (χ2n) is 6.73. The molecule has 0 saturated carbocycles. The number of halogens is 1. The molecule has 0 saturated heterocycles. The number of hydrogen-bond donors (Lipinski definition) is 3. The number of nitrogens with two attached hydrogens (primary N) is 1. The number of carbonyl (C=O) groups is 1. The van der Waals surface area contributed by atoms with E-state index >= 15 is 0 Å². The Hall–Kier alpha value is -3.97. The summed E-state index contributed by atoms with van der Waals surface area (Å²) in [5.41, 5.74) is 6.72. The van der Waals surface area contributed by atoms with Crippen LogP contribution < -0.4 is 15.8 Å². The minimum absolute atomic E-state index is 0.165. The van der Waals surface area contributed by atoms with Crippen molar-refractivity contribution in [1.29, 1.82) is 0 Å². The van der Waals surface area contributed by atoms with E-state index in [0.717, 1.165) is 0 Å². The van der Waals surface area contributed by atoms with E-state index in [2.05, 4.69) is 10.3 Å². The van der Waals surface area contributed by atoms with Crippen molar-refractivity contribution in [3.63, 3.8) is 0 Å². The molecule has 1 heterocycles. The van der Waals surface area contributed by atoms with Crippen molar-refractivity contribution in [3.05, 3.63) is 96.1 Å². The number of ether oxygens (including phenoxy) is 1. The van der Waals surface area contributed by atoms with E-state index in [-0.39, 0.29) is 11.1 Å². The molecule has 3 aromatic carbocycles. The van der Waals surface area contributed by atoms with Gasteiger partial charge in [-0.25, -0.2) is 9.18 Å². The number of carboxylic acid groups (broad SMARTS) is 1. The molecule has 3 aromatic rings. The monoisotopic (exact) mass is 403 g/mol. The lowest BCUT2D eigenvalue weighted by atomic mass is 9.96. The van der Waals surface area contributed by atoms with Gasteiger partial charge >= 0.3 is 5.97 Å². The summed E-state index contributed by atoms with van der Waals surface area (Å²) < 4.78 is 20.9. The van der Waals surface area contributed by atoms with Crippen LogP contribution >= 0.6 is 0 Å². The summed E-state index contributed by atoms with van der Waals surface area (Å²) in [7, 11) is 0. The van der Waals surface area contributed by atoms with Crippen LogP contribution in [0.3, 0.4) is 0 Å². The van der Waals surface area contributed by atoms with E-state index in [1.54, 1.807) is 42.6 Å². The molecule has 150 valence electrons. The third-order valence-electron chi connectivity index (χ3n) is 4.70. The van der Waals surface area contributed by atoms with Gasteiger partial charge in [0.1, 0.15) is 17.3 Å². The Bertz CT molecular complexity index is 1160. The molecule has 1 aliphatic heterocycles. The summed E-state index contributed by atoms with van der Waals surface area (Å²) in [6.45, 7) is 0. The number of benzene rings is 3. The molecule has 0 amide bonds. The lowest BCUT2D eigenvalue weighted by molar-refractivity contribution is 0.0697. The van der Waals surface area contributed by atoms with Crippen LogP contribution in [0.2, 0.25) is 0 Å². The Balaban J connectivity index is 1.65. The Morgan fingerprint density at radius 2 is 1.87 bits per heavy atom. The highest BCUT2D eigenvalue weighted by molar-refractivity contribution is 5.87. The van der Waals surface area contributed by atoms with Crippen LogP contribution in [0.1, 0.15) is 15.9 Å². The highest BCUT2D eigenvalue weighted by atomic mass is 19.1. The molecule has 0 fully saturated rings. The highest BCUT2D eigenvalue weighted by Crippen LogP contribution is 2.35. The SMILES string of the molecule is NC1(c2ccc(-c3ccccc3Oc3ccc(C(=O)O)cc3)cc2F)C=NC=CN1. The Labute approximate surface area is 172 Å². The number of para-hydroxylation sites is 1. The van der Waals surface area contributed by atoms with Gasteiger partial charge in [0, 0.05) is 29.7 Å². The van der Waals surface area contributed by atoms with Gasteiger partial charge in [0.15, 0.2) is 5.66 Å². The maximum Gasteiger partial charge on any atom is 0.335 e. The van der Waals surface area contributed by atoms with E-state index in [0.29, 0.717) is 22.6 Å². The van der Waals surface area contributed by atoms with Crippen molar-refractivity contribution < 1.29 is 19.0 Å². The maximum absolute atomic E-state index is 14.9. The van der Waals surface area contributed by atoms with Gasteiger partial charge in [0.2, 0.25) is 0 Å². The van der Waals surface area contributed by atoms with Gasteiger partial charge < -0.3 is 20.9 Å². The first-order valence-electron chi connectivity index (χ1n) is 9.13. The van der Waals surface area contributed by atoms with Crippen LogP contribution in [-0.4, -0.2) is 17.3 Å². The van der Waals surface area contributed by atoms with Crippen LogP contribution in [0.4, 0.5) is 4.39 Å². The first kappa shape index (κ1) is 19.4. The van der Waals surface area contributed by atoms with Crippen molar-refractivity contribution in [2.75, 3.05) is 0 Å². The van der Waals surface area contributed by atoms with Gasteiger partial charge in [-0.1, -0.05) is 30.3 Å². The highest BCUT2D eigenvalue weighted by Gasteiger charge is 2.28. The van der Waals surface area contributed by atoms with Crippen molar-refractivity contribution >= 4 is 12.2 Å². The van der Waals surface area contributed by atoms with Crippen molar-refractivity contribution in [2.45, 2.75) is 5.66 Å². The Morgan fingerprint density at radius 1 is 1.10 bits per heavy atom. The quantitative estimate of drug-likeness (QED) is 0.592. The molecule has 30 heavy (non-hydrogen) atoms. The average Bonchev–Trinajstić information content (AvgIpc) is 2.75. The van der Waals surface area contributed by atoms with Crippen molar-refractivity contribution in [3.8, 4) is 22.6 Å². The van der Waals surface area contributed by atoms with Gasteiger partial charge in [0.05, 0.1) is 5.56 Å². The smallest absolute Gasteiger partial charge is 0.335 e. The molecule has 0 aromatic heterocycles. The van der Waals surface area contributed by atoms with Gasteiger partial charge in [-0.15, -0.1) is 0 Å². The van der Waals surface area contributed by atoms with E-state index in [1.807, 2.05) is 12.1 Å². The predicted octanol–water partition coefficient (Wildman–Crippen LogP) is 4.24. The zero-order valence-corrected chi connectivity index (χ0v) is 15.7. The molecule has 0 aliphatic carbocycles. The van der Waals surface area contributed by atoms with Gasteiger partial charge in [-0.05, 0) is 42.0 Å². The number of aromatic carboxylic acids is 1. The third kappa shape index (κ3) is 3.78.